The molecule has 3 heterocycles. The first-order valence-electron chi connectivity index (χ1n) is 15.7. The van der Waals surface area contributed by atoms with E-state index in [1.807, 2.05) is 85.8 Å². The maximum absolute atomic E-state index is 14.3. The van der Waals surface area contributed by atoms with E-state index in [9.17, 15) is 9.59 Å². The lowest BCUT2D eigenvalue weighted by molar-refractivity contribution is -0.113. The Labute approximate surface area is 282 Å². The van der Waals surface area contributed by atoms with Crippen LogP contribution in [0.4, 0.5) is 5.69 Å². The molecule has 7 nitrogen and oxygen atoms in total. The van der Waals surface area contributed by atoms with Crippen molar-refractivity contribution >= 4 is 29.0 Å². The molecule has 1 aliphatic heterocycles. The van der Waals surface area contributed by atoms with Gasteiger partial charge in [0.2, 0.25) is 0 Å². The topological polar surface area (TPSA) is 77.6 Å². The van der Waals surface area contributed by atoms with Crippen LogP contribution in [0.1, 0.15) is 35.5 Å². The molecule has 1 amide bonds. The summed E-state index contributed by atoms with van der Waals surface area (Å²) in [6.45, 7) is 5.96. The van der Waals surface area contributed by atoms with Crippen LogP contribution in [-0.4, -0.2) is 22.2 Å². The van der Waals surface area contributed by atoms with Crippen molar-refractivity contribution in [2.24, 2.45) is 4.99 Å². The summed E-state index contributed by atoms with van der Waals surface area (Å²) < 4.78 is 9.91. The predicted molar refractivity (Wildman–Crippen MR) is 193 cm³/mol. The number of methoxy groups -OCH3 is 1. The molecule has 0 saturated carbocycles. The van der Waals surface area contributed by atoms with Crippen LogP contribution in [0.3, 0.4) is 0 Å². The highest BCUT2D eigenvalue weighted by atomic mass is 32.1. The van der Waals surface area contributed by atoms with Crippen LogP contribution in [0.2, 0.25) is 0 Å². The van der Waals surface area contributed by atoms with Crippen molar-refractivity contribution in [2.75, 3.05) is 12.4 Å². The molecule has 0 aliphatic carbocycles. The lowest BCUT2D eigenvalue weighted by Gasteiger charge is -2.25. The van der Waals surface area contributed by atoms with Crippen molar-refractivity contribution in [1.82, 2.24) is 9.13 Å². The summed E-state index contributed by atoms with van der Waals surface area (Å²) in [6.07, 6.45) is 1.94. The monoisotopic (exact) mass is 650 g/mol. The van der Waals surface area contributed by atoms with Crippen LogP contribution in [0, 0.1) is 13.8 Å². The molecule has 0 bridgehead atoms. The number of rotatable bonds is 7. The number of hydrogen-bond donors (Lipinski definition) is 1. The number of hydrogen-bond acceptors (Lipinski definition) is 5. The standard InChI is InChI=1S/C40H34N4O3S/c1-25-22-31(27(3)43(25)33-20-18-29(19-21-33)28-12-7-5-8-13-28)24-35-39(46)44-37(30-14-11-17-34(23-30)47-4)36(26(2)41-40(44)48-35)38(45)42-32-15-9-6-10-16-32/h5-24,37H,1-4H3,(H,42,45)/b35-24-/t37-/m1/s1. The van der Waals surface area contributed by atoms with Crippen LogP contribution in [0.5, 0.6) is 5.75 Å². The lowest BCUT2D eigenvalue weighted by Crippen LogP contribution is -2.40. The molecule has 6 aromatic rings. The Morgan fingerprint density at radius 2 is 1.54 bits per heavy atom. The zero-order chi connectivity index (χ0) is 33.4. The van der Waals surface area contributed by atoms with E-state index in [1.165, 1.54) is 16.9 Å². The fraction of sp³-hybridized carbons (Fsp3) is 0.125. The Bertz CT molecular complexity index is 2370. The van der Waals surface area contributed by atoms with E-state index in [0.29, 0.717) is 32.0 Å². The minimum absolute atomic E-state index is 0.207. The molecule has 2 aromatic heterocycles. The van der Waals surface area contributed by atoms with Crippen molar-refractivity contribution in [3.8, 4) is 22.6 Å². The molecule has 7 rings (SSSR count). The Balaban J connectivity index is 1.31. The number of carbonyl (C=O) groups is 1. The number of anilines is 1. The van der Waals surface area contributed by atoms with E-state index < -0.39 is 6.04 Å². The molecule has 0 fully saturated rings. The van der Waals surface area contributed by atoms with Crippen molar-refractivity contribution in [3.63, 3.8) is 0 Å². The number of nitrogens with zero attached hydrogens (tertiary/aromatic N) is 3. The highest BCUT2D eigenvalue weighted by Crippen LogP contribution is 2.32. The molecule has 1 N–H and O–H groups in total. The molecule has 0 radical (unpaired) electrons. The summed E-state index contributed by atoms with van der Waals surface area (Å²) in [7, 11) is 1.60. The molecule has 1 atom stereocenters. The van der Waals surface area contributed by atoms with Crippen molar-refractivity contribution in [1.29, 1.82) is 0 Å². The molecule has 0 saturated heterocycles. The van der Waals surface area contributed by atoms with Crippen LogP contribution < -0.4 is 24.9 Å². The summed E-state index contributed by atoms with van der Waals surface area (Å²) >= 11 is 1.33. The number of aryl methyl sites for hydroxylation is 1. The van der Waals surface area contributed by atoms with Crippen LogP contribution in [-0.2, 0) is 4.79 Å². The van der Waals surface area contributed by atoms with Crippen molar-refractivity contribution < 1.29 is 9.53 Å². The quantitative estimate of drug-likeness (QED) is 0.203. The molecular weight excluding hydrogens is 617 g/mol. The van der Waals surface area contributed by atoms with Crippen molar-refractivity contribution in [3.05, 3.63) is 169 Å². The second-order valence-electron chi connectivity index (χ2n) is 11.8. The number of ether oxygens (including phenoxy) is 1. The van der Waals surface area contributed by atoms with E-state index in [4.69, 9.17) is 9.73 Å². The minimum atomic E-state index is -0.697. The SMILES string of the molecule is COc1cccc([C@@H]2C(C(=O)Nc3ccccc3)=C(C)N=c3s/c(=C\c4cc(C)n(-c5ccc(-c6ccccc6)cc5)c4C)c(=O)n32)c1. The summed E-state index contributed by atoms with van der Waals surface area (Å²) in [5.41, 5.74) is 8.57. The lowest BCUT2D eigenvalue weighted by atomic mass is 9.95. The Kier molecular flexibility index (Phi) is 8.25. The number of para-hydroxylation sites is 1. The van der Waals surface area contributed by atoms with Gasteiger partial charge in [-0.1, -0.05) is 84.1 Å². The van der Waals surface area contributed by atoms with E-state index >= 15 is 0 Å². The average molecular weight is 651 g/mol. The number of allylic oxidation sites excluding steroid dienone is 1. The number of carbonyl (C=O) groups excluding carboxylic acids is 1. The van der Waals surface area contributed by atoms with Crippen LogP contribution in [0.25, 0.3) is 22.9 Å². The second kappa shape index (κ2) is 12.8. The van der Waals surface area contributed by atoms with Gasteiger partial charge in [-0.05, 0) is 91.6 Å². The van der Waals surface area contributed by atoms with Gasteiger partial charge in [-0.25, -0.2) is 4.99 Å². The van der Waals surface area contributed by atoms with Gasteiger partial charge in [-0.2, -0.15) is 0 Å². The van der Waals surface area contributed by atoms with E-state index in [1.54, 1.807) is 11.7 Å². The van der Waals surface area contributed by atoms with E-state index in [2.05, 4.69) is 66.2 Å². The Morgan fingerprint density at radius 3 is 2.25 bits per heavy atom. The number of nitrogens with one attached hydrogen (secondary N) is 1. The molecule has 48 heavy (non-hydrogen) atoms. The number of aromatic nitrogens is 2. The fourth-order valence-electron chi connectivity index (χ4n) is 6.36. The summed E-state index contributed by atoms with van der Waals surface area (Å²) in [6, 6.07) is 37.0. The van der Waals surface area contributed by atoms with Gasteiger partial charge in [-0.15, -0.1) is 0 Å². The highest BCUT2D eigenvalue weighted by Gasteiger charge is 2.33. The molecule has 0 unspecified atom stereocenters. The van der Waals surface area contributed by atoms with Gasteiger partial charge in [-0.3, -0.25) is 14.2 Å². The van der Waals surface area contributed by atoms with Gasteiger partial charge in [0.05, 0.1) is 29.0 Å². The van der Waals surface area contributed by atoms with Crippen molar-refractivity contribution in [2.45, 2.75) is 26.8 Å². The third kappa shape index (κ3) is 5.71. The number of amides is 1. The summed E-state index contributed by atoms with van der Waals surface area (Å²) in [5.74, 6) is 0.322. The molecule has 8 heteroatoms. The van der Waals surface area contributed by atoms with Gasteiger partial charge in [0.25, 0.3) is 11.5 Å². The minimum Gasteiger partial charge on any atom is -0.497 e. The fourth-order valence-corrected chi connectivity index (χ4v) is 7.40. The van der Waals surface area contributed by atoms with Crippen LogP contribution in [0.15, 0.2) is 136 Å². The number of benzene rings is 4. The van der Waals surface area contributed by atoms with E-state index in [0.717, 1.165) is 33.8 Å². The first-order valence-corrected chi connectivity index (χ1v) is 16.5. The summed E-state index contributed by atoms with van der Waals surface area (Å²) in [4.78, 5) is 33.5. The normalized spacial score (nSPS) is 14.4. The van der Waals surface area contributed by atoms with Gasteiger partial charge in [0, 0.05) is 22.8 Å². The smallest absolute Gasteiger partial charge is 0.271 e. The van der Waals surface area contributed by atoms with Gasteiger partial charge in [0.15, 0.2) is 4.80 Å². The molecule has 4 aromatic carbocycles. The molecular formula is C40H34N4O3S. The maximum atomic E-state index is 14.3. The summed E-state index contributed by atoms with van der Waals surface area (Å²) in [5, 5.41) is 3.00. The zero-order valence-corrected chi connectivity index (χ0v) is 27.9. The average Bonchev–Trinajstić information content (AvgIpc) is 3.57. The van der Waals surface area contributed by atoms with Crippen LogP contribution >= 0.6 is 11.3 Å². The zero-order valence-electron chi connectivity index (χ0n) is 27.1. The third-order valence-electron chi connectivity index (χ3n) is 8.70. The Hall–Kier alpha value is -5.73. The molecule has 0 spiro atoms. The number of thiazole rings is 1. The Morgan fingerprint density at radius 1 is 0.854 bits per heavy atom. The predicted octanol–water partition coefficient (Wildman–Crippen LogP) is 6.96. The second-order valence-corrected chi connectivity index (χ2v) is 12.8. The van der Waals surface area contributed by atoms with E-state index in [-0.39, 0.29) is 11.5 Å². The first-order chi connectivity index (χ1) is 23.3. The third-order valence-corrected chi connectivity index (χ3v) is 9.68. The number of fused-ring (bicyclic) bond motifs is 1. The molecule has 1 aliphatic rings. The maximum Gasteiger partial charge on any atom is 0.271 e. The largest absolute Gasteiger partial charge is 0.497 e. The van der Waals surface area contributed by atoms with Gasteiger partial charge in [0.1, 0.15) is 5.75 Å². The molecule has 238 valence electrons. The van der Waals surface area contributed by atoms with Gasteiger partial charge < -0.3 is 14.6 Å². The van der Waals surface area contributed by atoms with Gasteiger partial charge >= 0.3 is 0 Å². The highest BCUT2D eigenvalue weighted by molar-refractivity contribution is 7.07. The first kappa shape index (κ1) is 30.9.